The molecule has 0 unspecified atom stereocenters. The zero-order valence-electron chi connectivity index (χ0n) is 11.0. The highest BCUT2D eigenvalue weighted by Crippen LogP contribution is 2.14. The minimum Gasteiger partial charge on any atom is -0.460 e. The third-order valence-electron chi connectivity index (χ3n) is 2.18. The van der Waals surface area contributed by atoms with Gasteiger partial charge in [-0.1, -0.05) is 0 Å². The Morgan fingerprint density at radius 3 is 2.71 bits per heavy atom. The predicted molar refractivity (Wildman–Crippen MR) is 71.2 cm³/mol. The van der Waals surface area contributed by atoms with E-state index < -0.39 is 0 Å². The number of nitrogens with one attached hydrogen (secondary N) is 1. The number of hydrogen-bond donors (Lipinski definition) is 1. The summed E-state index contributed by atoms with van der Waals surface area (Å²) < 4.78 is 5.22. The lowest BCUT2D eigenvalue weighted by Crippen LogP contribution is -2.26. The molecule has 3 nitrogen and oxygen atoms in total. The smallest absolute Gasteiger partial charge is 0.307 e. The summed E-state index contributed by atoms with van der Waals surface area (Å²) >= 11 is 1.74. The van der Waals surface area contributed by atoms with E-state index in [1.54, 1.807) is 11.3 Å². The van der Waals surface area contributed by atoms with E-state index in [0.717, 1.165) is 6.54 Å². The molecule has 0 aliphatic carbocycles. The van der Waals surface area contributed by atoms with E-state index in [-0.39, 0.29) is 11.6 Å². The summed E-state index contributed by atoms with van der Waals surface area (Å²) in [6, 6.07) is 2.11. The maximum atomic E-state index is 11.4. The molecule has 17 heavy (non-hydrogen) atoms. The van der Waals surface area contributed by atoms with Crippen molar-refractivity contribution in [3.8, 4) is 0 Å². The van der Waals surface area contributed by atoms with Crippen LogP contribution in [0.15, 0.2) is 11.4 Å². The molecule has 0 radical (unpaired) electrons. The van der Waals surface area contributed by atoms with Crippen LogP contribution >= 0.6 is 11.3 Å². The van der Waals surface area contributed by atoms with Crippen molar-refractivity contribution in [2.24, 2.45) is 0 Å². The molecule has 96 valence electrons. The lowest BCUT2D eigenvalue weighted by atomic mass is 10.2. The summed E-state index contributed by atoms with van der Waals surface area (Å²) in [5.41, 5.74) is 0.918. The summed E-state index contributed by atoms with van der Waals surface area (Å²) in [5, 5.41) is 5.34. The number of rotatable bonds is 5. The maximum absolute atomic E-state index is 11.4. The molecular weight excluding hydrogens is 234 g/mol. The molecule has 0 spiro atoms. The first-order valence-corrected chi connectivity index (χ1v) is 6.72. The second-order valence-electron chi connectivity index (χ2n) is 5.04. The average Bonchev–Trinajstić information content (AvgIpc) is 2.56. The van der Waals surface area contributed by atoms with Crippen LogP contribution in [0.3, 0.4) is 0 Å². The number of aryl methyl sites for hydroxylation is 1. The van der Waals surface area contributed by atoms with E-state index >= 15 is 0 Å². The molecule has 0 saturated carbocycles. The Morgan fingerprint density at radius 1 is 1.47 bits per heavy atom. The first kappa shape index (κ1) is 14.2. The second-order valence-corrected chi connectivity index (χ2v) is 6.04. The van der Waals surface area contributed by atoms with Gasteiger partial charge in [-0.3, -0.25) is 4.79 Å². The Kier molecular flexibility index (Phi) is 5.15. The zero-order valence-corrected chi connectivity index (χ0v) is 11.8. The van der Waals surface area contributed by atoms with E-state index in [1.165, 1.54) is 10.4 Å². The first-order chi connectivity index (χ1) is 7.88. The topological polar surface area (TPSA) is 38.3 Å². The fourth-order valence-electron chi connectivity index (χ4n) is 1.37. The lowest BCUT2D eigenvalue weighted by Gasteiger charge is -2.19. The molecule has 0 aliphatic rings. The number of carbonyl (C=O) groups is 1. The van der Waals surface area contributed by atoms with Crippen molar-refractivity contribution in [2.75, 3.05) is 6.54 Å². The van der Waals surface area contributed by atoms with Gasteiger partial charge in [-0.25, -0.2) is 0 Å². The Morgan fingerprint density at radius 2 is 2.18 bits per heavy atom. The minimum atomic E-state index is -0.387. The van der Waals surface area contributed by atoms with Gasteiger partial charge in [0.25, 0.3) is 0 Å². The van der Waals surface area contributed by atoms with Crippen molar-refractivity contribution in [3.63, 3.8) is 0 Å². The van der Waals surface area contributed by atoms with Crippen molar-refractivity contribution in [1.29, 1.82) is 0 Å². The molecule has 0 bridgehead atoms. The molecule has 1 aromatic rings. The molecule has 4 heteroatoms. The van der Waals surface area contributed by atoms with Crippen molar-refractivity contribution in [2.45, 2.75) is 46.3 Å². The molecule has 1 N–H and O–H groups in total. The van der Waals surface area contributed by atoms with E-state index in [9.17, 15) is 4.79 Å². The van der Waals surface area contributed by atoms with Crippen LogP contribution in [0.2, 0.25) is 0 Å². The van der Waals surface area contributed by atoms with E-state index in [2.05, 4.69) is 23.7 Å². The number of hydrogen-bond acceptors (Lipinski definition) is 4. The Hall–Kier alpha value is -0.870. The van der Waals surface area contributed by atoms with Crippen LogP contribution in [0.1, 0.15) is 37.6 Å². The number of esters is 1. The Bertz CT molecular complexity index is 366. The minimum absolute atomic E-state index is 0.145. The standard InChI is InChI=1S/C13H21NO2S/c1-10-6-8-17-11(10)9-14-7-5-12(15)16-13(2,3)4/h6,8,14H,5,7,9H2,1-4H3. The molecule has 1 rings (SSSR count). The van der Waals surface area contributed by atoms with E-state index in [1.807, 2.05) is 20.8 Å². The predicted octanol–water partition coefficient (Wildman–Crippen LogP) is 2.88. The summed E-state index contributed by atoms with van der Waals surface area (Å²) in [7, 11) is 0. The second kappa shape index (κ2) is 6.17. The van der Waals surface area contributed by atoms with Gasteiger partial charge in [0.05, 0.1) is 6.42 Å². The molecule has 0 saturated heterocycles. The highest BCUT2D eigenvalue weighted by molar-refractivity contribution is 7.10. The molecular formula is C13H21NO2S. The number of thiophene rings is 1. The van der Waals surface area contributed by atoms with Crippen LogP contribution in [-0.4, -0.2) is 18.1 Å². The van der Waals surface area contributed by atoms with Crippen LogP contribution in [0.25, 0.3) is 0 Å². The normalized spacial score (nSPS) is 11.5. The fourth-order valence-corrected chi connectivity index (χ4v) is 2.25. The first-order valence-electron chi connectivity index (χ1n) is 5.84. The lowest BCUT2D eigenvalue weighted by molar-refractivity contribution is -0.154. The van der Waals surface area contributed by atoms with E-state index in [0.29, 0.717) is 13.0 Å². The Labute approximate surface area is 107 Å². The van der Waals surface area contributed by atoms with Crippen molar-refractivity contribution in [1.82, 2.24) is 5.32 Å². The van der Waals surface area contributed by atoms with Gasteiger partial charge >= 0.3 is 5.97 Å². The molecule has 1 heterocycles. The van der Waals surface area contributed by atoms with E-state index in [4.69, 9.17) is 4.74 Å². The third-order valence-corrected chi connectivity index (χ3v) is 3.20. The van der Waals surface area contributed by atoms with Crippen molar-refractivity contribution >= 4 is 17.3 Å². The van der Waals surface area contributed by atoms with Gasteiger partial charge in [0.2, 0.25) is 0 Å². The van der Waals surface area contributed by atoms with Gasteiger partial charge in [0.15, 0.2) is 0 Å². The quantitative estimate of drug-likeness (QED) is 0.649. The summed E-state index contributed by atoms with van der Waals surface area (Å²) in [4.78, 5) is 12.8. The third kappa shape index (κ3) is 5.84. The molecule has 0 atom stereocenters. The van der Waals surface area contributed by atoms with Gasteiger partial charge in [-0.2, -0.15) is 0 Å². The molecule has 0 aliphatic heterocycles. The van der Waals surface area contributed by atoms with Crippen molar-refractivity contribution < 1.29 is 9.53 Å². The van der Waals surface area contributed by atoms with Gasteiger partial charge < -0.3 is 10.1 Å². The zero-order chi connectivity index (χ0) is 12.9. The molecule has 1 aromatic heterocycles. The van der Waals surface area contributed by atoms with Gasteiger partial charge in [0, 0.05) is 18.0 Å². The van der Waals surface area contributed by atoms with Crippen molar-refractivity contribution in [3.05, 3.63) is 21.9 Å². The molecule has 0 aromatic carbocycles. The van der Waals surface area contributed by atoms with Gasteiger partial charge in [-0.05, 0) is 44.7 Å². The highest BCUT2D eigenvalue weighted by atomic mass is 32.1. The number of carbonyl (C=O) groups excluding carboxylic acids is 1. The maximum Gasteiger partial charge on any atom is 0.307 e. The molecule has 0 fully saturated rings. The average molecular weight is 255 g/mol. The van der Waals surface area contributed by atoms with Crippen LogP contribution in [0.4, 0.5) is 0 Å². The molecule has 0 amide bonds. The largest absolute Gasteiger partial charge is 0.460 e. The van der Waals surface area contributed by atoms with Gasteiger partial charge in [0.1, 0.15) is 5.60 Å². The monoisotopic (exact) mass is 255 g/mol. The highest BCUT2D eigenvalue weighted by Gasteiger charge is 2.15. The Balaban J connectivity index is 2.17. The summed E-state index contributed by atoms with van der Waals surface area (Å²) in [6.45, 7) is 9.23. The summed E-state index contributed by atoms with van der Waals surface area (Å²) in [5.74, 6) is -0.145. The number of ether oxygens (including phenoxy) is 1. The summed E-state index contributed by atoms with van der Waals surface area (Å²) in [6.07, 6.45) is 0.418. The van der Waals surface area contributed by atoms with Crippen LogP contribution < -0.4 is 5.32 Å². The van der Waals surface area contributed by atoms with Crippen LogP contribution in [0.5, 0.6) is 0 Å². The van der Waals surface area contributed by atoms with Gasteiger partial charge in [-0.15, -0.1) is 11.3 Å². The fraction of sp³-hybridized carbons (Fsp3) is 0.615. The van der Waals surface area contributed by atoms with Crippen LogP contribution in [-0.2, 0) is 16.1 Å². The van der Waals surface area contributed by atoms with Crippen LogP contribution in [0, 0.1) is 6.92 Å². The SMILES string of the molecule is Cc1ccsc1CNCCC(=O)OC(C)(C)C.